The molecular formula is C22H22FNO2. The quantitative estimate of drug-likeness (QED) is 0.479. The van der Waals surface area contributed by atoms with Crippen molar-refractivity contribution in [2.24, 2.45) is 0 Å². The molecule has 1 aromatic heterocycles. The van der Waals surface area contributed by atoms with Gasteiger partial charge in [-0.15, -0.1) is 0 Å². The summed E-state index contributed by atoms with van der Waals surface area (Å²) in [6, 6.07) is 16.6. The van der Waals surface area contributed by atoms with E-state index in [9.17, 15) is 9.18 Å². The first-order valence-corrected chi connectivity index (χ1v) is 8.56. The molecular weight excluding hydrogens is 329 g/mol. The summed E-state index contributed by atoms with van der Waals surface area (Å²) in [4.78, 5) is 12.0. The van der Waals surface area contributed by atoms with E-state index in [-0.39, 0.29) is 5.82 Å². The van der Waals surface area contributed by atoms with Crippen LogP contribution in [0.2, 0.25) is 0 Å². The van der Waals surface area contributed by atoms with Gasteiger partial charge in [0.15, 0.2) is 0 Å². The van der Waals surface area contributed by atoms with Crippen molar-refractivity contribution in [2.75, 3.05) is 0 Å². The Bertz CT molecular complexity index is 949. The SMILES string of the molecule is CC(C)(C)OC(=O)/C=C/c1cc2ccc(F)cc2n1Cc1ccccc1. The van der Waals surface area contributed by atoms with E-state index in [1.165, 1.54) is 18.2 Å². The number of nitrogens with zero attached hydrogens (tertiary/aromatic N) is 1. The molecule has 0 spiro atoms. The van der Waals surface area contributed by atoms with Crippen LogP contribution in [0.15, 0.2) is 60.7 Å². The summed E-state index contributed by atoms with van der Waals surface area (Å²) in [5.74, 6) is -0.687. The molecule has 3 rings (SSSR count). The summed E-state index contributed by atoms with van der Waals surface area (Å²) in [5.41, 5.74) is 2.17. The molecule has 134 valence electrons. The van der Waals surface area contributed by atoms with Crippen molar-refractivity contribution >= 4 is 22.9 Å². The second-order valence-electron chi connectivity index (χ2n) is 7.21. The third-order valence-corrected chi connectivity index (χ3v) is 3.88. The number of fused-ring (bicyclic) bond motifs is 1. The minimum atomic E-state index is -0.540. The van der Waals surface area contributed by atoms with Crippen LogP contribution < -0.4 is 0 Å². The Labute approximate surface area is 152 Å². The highest BCUT2D eigenvalue weighted by molar-refractivity contribution is 5.90. The molecule has 0 saturated carbocycles. The maximum absolute atomic E-state index is 13.8. The zero-order valence-electron chi connectivity index (χ0n) is 15.2. The smallest absolute Gasteiger partial charge is 0.331 e. The number of benzene rings is 2. The lowest BCUT2D eigenvalue weighted by Crippen LogP contribution is -2.22. The summed E-state index contributed by atoms with van der Waals surface area (Å²) >= 11 is 0. The van der Waals surface area contributed by atoms with Crippen LogP contribution >= 0.6 is 0 Å². The predicted octanol–water partition coefficient (Wildman–Crippen LogP) is 5.18. The van der Waals surface area contributed by atoms with Gasteiger partial charge in [0.25, 0.3) is 0 Å². The van der Waals surface area contributed by atoms with Gasteiger partial charge in [0.2, 0.25) is 0 Å². The summed E-state index contributed by atoms with van der Waals surface area (Å²) in [7, 11) is 0. The van der Waals surface area contributed by atoms with Gasteiger partial charge in [0.1, 0.15) is 11.4 Å². The van der Waals surface area contributed by atoms with Crippen LogP contribution in [0.5, 0.6) is 0 Å². The Morgan fingerprint density at radius 1 is 1.12 bits per heavy atom. The Balaban J connectivity index is 1.98. The van der Waals surface area contributed by atoms with Gasteiger partial charge >= 0.3 is 5.97 Å². The molecule has 0 amide bonds. The zero-order chi connectivity index (χ0) is 18.7. The number of aromatic nitrogens is 1. The third kappa shape index (κ3) is 4.39. The molecule has 0 radical (unpaired) electrons. The van der Waals surface area contributed by atoms with E-state index in [2.05, 4.69) is 0 Å². The van der Waals surface area contributed by atoms with E-state index < -0.39 is 11.6 Å². The first kappa shape index (κ1) is 17.9. The van der Waals surface area contributed by atoms with Crippen LogP contribution in [-0.2, 0) is 16.1 Å². The van der Waals surface area contributed by atoms with Gasteiger partial charge in [0.05, 0.1) is 5.52 Å². The molecule has 0 aliphatic carbocycles. The van der Waals surface area contributed by atoms with Crippen LogP contribution in [0.4, 0.5) is 4.39 Å². The zero-order valence-corrected chi connectivity index (χ0v) is 15.2. The first-order valence-electron chi connectivity index (χ1n) is 8.56. The maximum Gasteiger partial charge on any atom is 0.331 e. The van der Waals surface area contributed by atoms with Gasteiger partial charge in [-0.2, -0.15) is 0 Å². The lowest BCUT2D eigenvalue weighted by atomic mass is 10.2. The monoisotopic (exact) mass is 351 g/mol. The van der Waals surface area contributed by atoms with Gasteiger partial charge in [0, 0.05) is 23.7 Å². The number of halogens is 1. The van der Waals surface area contributed by atoms with Gasteiger partial charge in [-0.25, -0.2) is 9.18 Å². The lowest BCUT2D eigenvalue weighted by molar-refractivity contribution is -0.148. The fourth-order valence-electron chi connectivity index (χ4n) is 2.82. The second kappa shape index (κ2) is 7.16. The Hall–Kier alpha value is -2.88. The van der Waals surface area contributed by atoms with E-state index in [0.717, 1.165) is 22.2 Å². The van der Waals surface area contributed by atoms with Crippen molar-refractivity contribution in [1.29, 1.82) is 0 Å². The van der Waals surface area contributed by atoms with Crippen LogP contribution in [0, 0.1) is 5.82 Å². The molecule has 26 heavy (non-hydrogen) atoms. The van der Waals surface area contributed by atoms with Crippen LogP contribution in [0.1, 0.15) is 32.0 Å². The van der Waals surface area contributed by atoms with Crippen molar-refractivity contribution in [3.8, 4) is 0 Å². The van der Waals surface area contributed by atoms with Gasteiger partial charge in [-0.05, 0) is 56.7 Å². The molecule has 3 aromatic rings. The van der Waals surface area contributed by atoms with E-state index in [0.29, 0.717) is 6.54 Å². The van der Waals surface area contributed by atoms with Crippen LogP contribution in [0.25, 0.3) is 17.0 Å². The van der Waals surface area contributed by atoms with Crippen molar-refractivity contribution in [3.05, 3.63) is 77.7 Å². The van der Waals surface area contributed by atoms with Crippen molar-refractivity contribution in [1.82, 2.24) is 4.57 Å². The number of esters is 1. The minimum absolute atomic E-state index is 0.285. The molecule has 0 fully saturated rings. The van der Waals surface area contributed by atoms with E-state index in [4.69, 9.17) is 4.74 Å². The van der Waals surface area contributed by atoms with Gasteiger partial charge in [-0.1, -0.05) is 30.3 Å². The maximum atomic E-state index is 13.8. The topological polar surface area (TPSA) is 31.2 Å². The summed E-state index contributed by atoms with van der Waals surface area (Å²) < 4.78 is 21.1. The molecule has 0 N–H and O–H groups in total. The first-order chi connectivity index (χ1) is 12.3. The van der Waals surface area contributed by atoms with Crippen molar-refractivity contribution < 1.29 is 13.9 Å². The molecule has 1 heterocycles. The number of ether oxygens (including phenoxy) is 1. The normalized spacial score (nSPS) is 12.0. The lowest BCUT2D eigenvalue weighted by Gasteiger charge is -2.18. The number of hydrogen-bond donors (Lipinski definition) is 0. The molecule has 0 atom stereocenters. The van der Waals surface area contributed by atoms with Crippen molar-refractivity contribution in [2.45, 2.75) is 32.9 Å². The van der Waals surface area contributed by atoms with E-state index in [1.54, 1.807) is 12.1 Å². The highest BCUT2D eigenvalue weighted by Crippen LogP contribution is 2.23. The molecule has 0 aliphatic rings. The summed E-state index contributed by atoms with van der Waals surface area (Å²) in [5, 5.41) is 0.922. The molecule has 4 heteroatoms. The summed E-state index contributed by atoms with van der Waals surface area (Å²) in [6.45, 7) is 6.07. The fraction of sp³-hybridized carbons (Fsp3) is 0.227. The Morgan fingerprint density at radius 3 is 2.54 bits per heavy atom. The molecule has 3 nitrogen and oxygen atoms in total. The van der Waals surface area contributed by atoms with E-state index in [1.807, 2.05) is 61.7 Å². The largest absolute Gasteiger partial charge is 0.457 e. The minimum Gasteiger partial charge on any atom is -0.457 e. The molecule has 0 aliphatic heterocycles. The molecule has 0 unspecified atom stereocenters. The van der Waals surface area contributed by atoms with E-state index >= 15 is 0 Å². The Morgan fingerprint density at radius 2 is 1.85 bits per heavy atom. The van der Waals surface area contributed by atoms with Crippen LogP contribution in [-0.4, -0.2) is 16.1 Å². The summed E-state index contributed by atoms with van der Waals surface area (Å²) in [6.07, 6.45) is 3.13. The van der Waals surface area contributed by atoms with Gasteiger partial charge in [-0.3, -0.25) is 0 Å². The number of hydrogen-bond acceptors (Lipinski definition) is 2. The Kier molecular flexibility index (Phi) is 4.94. The standard InChI is InChI=1S/C22H22FNO2/c1-22(2,3)26-21(25)12-11-19-13-17-9-10-18(23)14-20(17)24(19)15-16-7-5-4-6-8-16/h4-14H,15H2,1-3H3/b12-11+. The third-order valence-electron chi connectivity index (χ3n) is 3.88. The number of carbonyl (C=O) groups excluding carboxylic acids is 1. The van der Waals surface area contributed by atoms with Gasteiger partial charge < -0.3 is 9.30 Å². The van der Waals surface area contributed by atoms with Crippen molar-refractivity contribution in [3.63, 3.8) is 0 Å². The highest BCUT2D eigenvalue weighted by Gasteiger charge is 2.14. The molecule has 0 saturated heterocycles. The average Bonchev–Trinajstić information content (AvgIpc) is 2.90. The average molecular weight is 351 g/mol. The van der Waals surface area contributed by atoms with Crippen LogP contribution in [0.3, 0.4) is 0 Å². The second-order valence-corrected chi connectivity index (χ2v) is 7.21. The number of carbonyl (C=O) groups is 1. The molecule has 0 bridgehead atoms. The highest BCUT2D eigenvalue weighted by atomic mass is 19.1. The predicted molar refractivity (Wildman–Crippen MR) is 102 cm³/mol. The molecule has 2 aromatic carbocycles. The fourth-order valence-corrected chi connectivity index (χ4v) is 2.82. The number of rotatable bonds is 4.